The van der Waals surface area contributed by atoms with Gasteiger partial charge in [-0.25, -0.2) is 4.98 Å². The summed E-state index contributed by atoms with van der Waals surface area (Å²) < 4.78 is 5.26. The Kier molecular flexibility index (Phi) is 5.42. The number of carbonyl (C=O) groups is 1. The van der Waals surface area contributed by atoms with E-state index in [2.05, 4.69) is 32.5 Å². The topological polar surface area (TPSA) is 97.3 Å². The zero-order chi connectivity index (χ0) is 17.6. The number of anilines is 1. The minimum Gasteiger partial charge on any atom is -0.375 e. The Hall–Kier alpha value is -2.71. The molecule has 0 aliphatic rings. The van der Waals surface area contributed by atoms with Gasteiger partial charge in [-0.05, 0) is 12.6 Å². The third-order valence-corrected chi connectivity index (χ3v) is 4.23. The van der Waals surface area contributed by atoms with Crippen LogP contribution in [0.2, 0.25) is 0 Å². The summed E-state index contributed by atoms with van der Waals surface area (Å²) in [7, 11) is 1.99. The van der Waals surface area contributed by atoms with E-state index in [1.807, 2.05) is 30.6 Å². The Morgan fingerprint density at radius 3 is 2.84 bits per heavy atom. The van der Waals surface area contributed by atoms with Crippen molar-refractivity contribution in [3.8, 4) is 0 Å². The summed E-state index contributed by atoms with van der Waals surface area (Å²) in [6.07, 6.45) is 0. The summed E-state index contributed by atoms with van der Waals surface area (Å²) in [6.45, 7) is 1.66. The maximum atomic E-state index is 12.1. The molecule has 0 aliphatic heterocycles. The normalized spacial score (nSPS) is 11.0. The van der Waals surface area contributed by atoms with E-state index in [-0.39, 0.29) is 11.6 Å². The molecule has 0 aliphatic carbocycles. The van der Waals surface area contributed by atoms with E-state index in [4.69, 9.17) is 10.3 Å². The number of hydrogen-bond donors (Lipinski definition) is 2. The molecule has 0 bridgehead atoms. The summed E-state index contributed by atoms with van der Waals surface area (Å²) in [5.41, 5.74) is 7.76. The zero-order valence-corrected chi connectivity index (χ0v) is 14.6. The van der Waals surface area contributed by atoms with Gasteiger partial charge in [0.05, 0.1) is 18.8 Å². The van der Waals surface area contributed by atoms with Crippen molar-refractivity contribution in [1.82, 2.24) is 20.4 Å². The van der Waals surface area contributed by atoms with Crippen LogP contribution in [0.1, 0.15) is 27.5 Å². The van der Waals surface area contributed by atoms with Gasteiger partial charge in [-0.15, -0.1) is 11.3 Å². The molecule has 130 valence electrons. The third-order valence-electron chi connectivity index (χ3n) is 3.51. The maximum absolute atomic E-state index is 12.1. The Bertz CT molecular complexity index is 830. The van der Waals surface area contributed by atoms with Gasteiger partial charge in [0.25, 0.3) is 5.91 Å². The van der Waals surface area contributed by atoms with Gasteiger partial charge >= 0.3 is 0 Å². The largest absolute Gasteiger partial charge is 0.375 e. The monoisotopic (exact) mass is 357 g/mol. The summed E-state index contributed by atoms with van der Waals surface area (Å²) in [6, 6.07) is 11.8. The number of thiazole rings is 1. The first-order valence-electron chi connectivity index (χ1n) is 7.76. The number of nitrogens with one attached hydrogen (secondary N) is 1. The molecule has 0 unspecified atom stereocenters. The number of rotatable bonds is 7. The highest BCUT2D eigenvalue weighted by atomic mass is 32.1. The van der Waals surface area contributed by atoms with Crippen molar-refractivity contribution < 1.29 is 9.32 Å². The van der Waals surface area contributed by atoms with Gasteiger partial charge in [0.15, 0.2) is 16.6 Å². The summed E-state index contributed by atoms with van der Waals surface area (Å²) in [5, 5.41) is 8.87. The van der Waals surface area contributed by atoms with Crippen LogP contribution < -0.4 is 11.1 Å². The fourth-order valence-electron chi connectivity index (χ4n) is 2.38. The Balaban J connectivity index is 1.51. The molecule has 0 atom stereocenters. The first-order valence-corrected chi connectivity index (χ1v) is 8.64. The van der Waals surface area contributed by atoms with E-state index in [1.165, 1.54) is 16.9 Å². The predicted molar refractivity (Wildman–Crippen MR) is 95.8 cm³/mol. The predicted octanol–water partition coefficient (Wildman–Crippen LogP) is 2.28. The smallest absolute Gasteiger partial charge is 0.273 e. The van der Waals surface area contributed by atoms with Crippen molar-refractivity contribution in [2.75, 3.05) is 12.8 Å². The fourth-order valence-corrected chi connectivity index (χ4v) is 2.94. The van der Waals surface area contributed by atoms with Crippen LogP contribution in [0, 0.1) is 0 Å². The number of nitrogens with two attached hydrogens (primary N) is 1. The van der Waals surface area contributed by atoms with E-state index < -0.39 is 0 Å². The lowest BCUT2D eigenvalue weighted by atomic mass is 10.2. The molecule has 1 amide bonds. The highest BCUT2D eigenvalue weighted by Crippen LogP contribution is 2.12. The molecule has 1 aromatic carbocycles. The average molecular weight is 357 g/mol. The van der Waals surface area contributed by atoms with Crippen molar-refractivity contribution in [3.63, 3.8) is 0 Å². The number of aromatic nitrogens is 2. The van der Waals surface area contributed by atoms with Crippen molar-refractivity contribution in [2.24, 2.45) is 0 Å². The van der Waals surface area contributed by atoms with E-state index in [1.54, 1.807) is 6.07 Å². The molecule has 0 fully saturated rings. The third kappa shape index (κ3) is 4.88. The molecule has 7 nitrogen and oxygen atoms in total. The number of nitrogen functional groups attached to an aromatic ring is 1. The molecule has 0 spiro atoms. The lowest BCUT2D eigenvalue weighted by molar-refractivity contribution is 0.0941. The molecular weight excluding hydrogens is 338 g/mol. The lowest BCUT2D eigenvalue weighted by Gasteiger charge is -2.14. The van der Waals surface area contributed by atoms with Crippen LogP contribution in [0.4, 0.5) is 5.13 Å². The second-order valence-electron chi connectivity index (χ2n) is 5.70. The molecule has 3 N–H and O–H groups in total. The number of nitrogens with zero attached hydrogens (tertiary/aromatic N) is 3. The summed E-state index contributed by atoms with van der Waals surface area (Å²) in [5.74, 6) is 0.341. The van der Waals surface area contributed by atoms with Gasteiger partial charge in [0.2, 0.25) is 0 Å². The average Bonchev–Trinajstić information content (AvgIpc) is 3.22. The molecule has 25 heavy (non-hydrogen) atoms. The lowest BCUT2D eigenvalue weighted by Crippen LogP contribution is -2.23. The van der Waals surface area contributed by atoms with E-state index >= 15 is 0 Å². The van der Waals surface area contributed by atoms with E-state index in [9.17, 15) is 4.79 Å². The molecule has 3 aromatic rings. The quantitative estimate of drug-likeness (QED) is 0.673. The minimum atomic E-state index is -0.299. The van der Waals surface area contributed by atoms with E-state index in [0.29, 0.717) is 24.0 Å². The van der Waals surface area contributed by atoms with Crippen LogP contribution in [-0.4, -0.2) is 28.0 Å². The molecule has 0 saturated heterocycles. The highest BCUT2D eigenvalue weighted by Gasteiger charge is 2.14. The van der Waals surface area contributed by atoms with Gasteiger partial charge in [-0.1, -0.05) is 35.5 Å². The summed E-state index contributed by atoms with van der Waals surface area (Å²) >= 11 is 1.34. The molecule has 8 heteroatoms. The van der Waals surface area contributed by atoms with Crippen LogP contribution in [0.5, 0.6) is 0 Å². The van der Waals surface area contributed by atoms with Crippen molar-refractivity contribution in [3.05, 3.63) is 64.5 Å². The maximum Gasteiger partial charge on any atom is 0.273 e. The number of hydrogen-bond acceptors (Lipinski definition) is 7. The van der Waals surface area contributed by atoms with E-state index in [0.717, 1.165) is 12.2 Å². The first-order chi connectivity index (χ1) is 12.1. The SMILES string of the molecule is CN(Cc1ccccc1)Cc1cc(C(=O)NCc2csc(N)n2)no1. The second-order valence-corrected chi connectivity index (χ2v) is 6.59. The Labute approximate surface area is 149 Å². The highest BCUT2D eigenvalue weighted by molar-refractivity contribution is 7.13. The van der Waals surface area contributed by atoms with Crippen LogP contribution >= 0.6 is 11.3 Å². The van der Waals surface area contributed by atoms with Crippen LogP contribution in [0.25, 0.3) is 0 Å². The number of carbonyl (C=O) groups excluding carboxylic acids is 1. The first kappa shape index (κ1) is 17.1. The van der Waals surface area contributed by atoms with Crippen molar-refractivity contribution in [1.29, 1.82) is 0 Å². The van der Waals surface area contributed by atoms with Gasteiger partial charge in [0, 0.05) is 18.0 Å². The molecule has 2 heterocycles. The van der Waals surface area contributed by atoms with Crippen molar-refractivity contribution >= 4 is 22.4 Å². The van der Waals surface area contributed by atoms with Gasteiger partial charge < -0.3 is 15.6 Å². The van der Waals surface area contributed by atoms with Gasteiger partial charge in [0.1, 0.15) is 0 Å². The number of amides is 1. The molecule has 2 aromatic heterocycles. The van der Waals surface area contributed by atoms with Gasteiger partial charge in [-0.3, -0.25) is 9.69 Å². The van der Waals surface area contributed by atoms with Crippen LogP contribution in [0.3, 0.4) is 0 Å². The fraction of sp³-hybridized carbons (Fsp3) is 0.235. The van der Waals surface area contributed by atoms with Crippen LogP contribution in [0.15, 0.2) is 46.3 Å². The molecule has 0 radical (unpaired) electrons. The zero-order valence-electron chi connectivity index (χ0n) is 13.8. The van der Waals surface area contributed by atoms with Gasteiger partial charge in [-0.2, -0.15) is 0 Å². The molecular formula is C17H19N5O2S. The standard InChI is InChI=1S/C17H19N5O2S/c1-22(9-12-5-3-2-4-6-12)10-14-7-15(21-24-14)16(23)19-8-13-11-25-17(18)20-13/h2-7,11H,8-10H2,1H3,(H2,18,20)(H,19,23). The number of benzene rings is 1. The minimum absolute atomic E-state index is 0.256. The Morgan fingerprint density at radius 1 is 1.32 bits per heavy atom. The van der Waals surface area contributed by atoms with Crippen LogP contribution in [-0.2, 0) is 19.6 Å². The molecule has 0 saturated carbocycles. The summed E-state index contributed by atoms with van der Waals surface area (Å²) in [4.78, 5) is 18.3. The second kappa shape index (κ2) is 7.91. The van der Waals surface area contributed by atoms with Crippen molar-refractivity contribution in [2.45, 2.75) is 19.6 Å². The Morgan fingerprint density at radius 2 is 2.12 bits per heavy atom. The molecule has 3 rings (SSSR count).